The summed E-state index contributed by atoms with van der Waals surface area (Å²) in [6, 6.07) is 6.92. The predicted octanol–water partition coefficient (Wildman–Crippen LogP) is -0.645. The Labute approximate surface area is 181 Å². The lowest BCUT2D eigenvalue weighted by molar-refractivity contribution is -0.120. The average Bonchev–Trinajstić information content (AvgIpc) is 3.26. The largest absolute Gasteiger partial charge is 0.396 e. The first-order valence-corrected chi connectivity index (χ1v) is 11.0. The van der Waals surface area contributed by atoms with Gasteiger partial charge in [-0.2, -0.15) is 0 Å². The molecule has 1 aromatic heterocycles. The molecular weight excluding hydrogens is 422 g/mol. The summed E-state index contributed by atoms with van der Waals surface area (Å²) in [5.74, 6) is -0.991. The molecule has 5 rings (SSSR count). The molecular formula is C20H23N5O5S. The van der Waals surface area contributed by atoms with E-state index >= 15 is 0 Å². The fourth-order valence-corrected chi connectivity index (χ4v) is 5.09. The van der Waals surface area contributed by atoms with Crippen LogP contribution in [0.4, 0.5) is 0 Å². The second-order valence-electron chi connectivity index (χ2n) is 7.98. The van der Waals surface area contributed by atoms with E-state index in [2.05, 4.69) is 25.6 Å². The molecule has 11 heteroatoms. The molecule has 0 radical (unpaired) electrons. The van der Waals surface area contributed by atoms with E-state index in [0.29, 0.717) is 30.5 Å². The molecule has 1 aromatic carbocycles. The number of benzene rings is 1. The Hall–Kier alpha value is -2.44. The van der Waals surface area contributed by atoms with E-state index in [9.17, 15) is 20.1 Å². The fourth-order valence-electron chi connectivity index (χ4n) is 4.02. The van der Waals surface area contributed by atoms with Crippen molar-refractivity contribution in [2.24, 2.45) is 15.9 Å². The average molecular weight is 446 g/mol. The second-order valence-corrected chi connectivity index (χ2v) is 9.04. The molecule has 5 N–H and O–H groups in total. The number of fused-ring (bicyclic) bond motifs is 1. The van der Waals surface area contributed by atoms with Crippen LogP contribution in [0.15, 0.2) is 34.3 Å². The lowest BCUT2D eigenvalue weighted by atomic mass is 10.1. The van der Waals surface area contributed by atoms with Crippen LogP contribution in [0.2, 0.25) is 0 Å². The van der Waals surface area contributed by atoms with Crippen molar-refractivity contribution in [1.29, 1.82) is 0 Å². The van der Waals surface area contributed by atoms with E-state index in [1.807, 2.05) is 24.3 Å². The number of carbonyl (C=O) groups is 1. The lowest BCUT2D eigenvalue weighted by Crippen LogP contribution is -2.57. The summed E-state index contributed by atoms with van der Waals surface area (Å²) in [7, 11) is 0. The van der Waals surface area contributed by atoms with Gasteiger partial charge in [0.15, 0.2) is 0 Å². The van der Waals surface area contributed by atoms with Gasteiger partial charge in [0.05, 0.1) is 35.6 Å². The Morgan fingerprint density at radius 1 is 1.16 bits per heavy atom. The Kier molecular flexibility index (Phi) is 5.44. The molecule has 2 saturated heterocycles. The van der Waals surface area contributed by atoms with Gasteiger partial charge in [0.2, 0.25) is 11.9 Å². The minimum Gasteiger partial charge on any atom is -0.396 e. The van der Waals surface area contributed by atoms with Crippen molar-refractivity contribution in [2.45, 2.75) is 36.6 Å². The van der Waals surface area contributed by atoms with Crippen LogP contribution in [0.25, 0.3) is 10.2 Å². The van der Waals surface area contributed by atoms with E-state index < -0.39 is 30.1 Å². The summed E-state index contributed by atoms with van der Waals surface area (Å²) in [4.78, 5) is 26.8. The molecule has 2 aliphatic heterocycles. The Bertz CT molecular complexity index is 1020. The molecule has 3 aliphatic rings. The van der Waals surface area contributed by atoms with Crippen LogP contribution < -0.4 is 10.6 Å². The molecule has 0 spiro atoms. The normalized spacial score (nSPS) is 34.2. The molecule has 10 nitrogen and oxygen atoms in total. The molecule has 1 aliphatic carbocycles. The molecule has 1 amide bonds. The number of aliphatic imine (C=N–C) groups is 2. The highest BCUT2D eigenvalue weighted by Gasteiger charge is 2.43. The van der Waals surface area contributed by atoms with Crippen LogP contribution in [-0.2, 0) is 9.53 Å². The summed E-state index contributed by atoms with van der Waals surface area (Å²) >= 11 is 1.40. The van der Waals surface area contributed by atoms with Crippen molar-refractivity contribution < 1.29 is 24.9 Å². The smallest absolute Gasteiger partial charge is 0.244 e. The molecule has 0 bridgehead atoms. The number of hydrogen-bond donors (Lipinski definition) is 5. The Morgan fingerprint density at radius 2 is 1.97 bits per heavy atom. The maximum Gasteiger partial charge on any atom is 0.244 e. The van der Waals surface area contributed by atoms with Crippen LogP contribution in [0.5, 0.6) is 0 Å². The number of aliphatic hydroxyl groups is 3. The molecule has 3 heterocycles. The Balaban J connectivity index is 1.51. The maximum absolute atomic E-state index is 13.1. The number of guanidine groups is 1. The van der Waals surface area contributed by atoms with Crippen molar-refractivity contribution in [3.05, 3.63) is 29.3 Å². The number of hydrogen-bond acceptors (Lipinski definition) is 9. The number of para-hydroxylation sites is 1. The van der Waals surface area contributed by atoms with Crippen LogP contribution in [-0.4, -0.2) is 82.1 Å². The van der Waals surface area contributed by atoms with E-state index in [4.69, 9.17) is 4.74 Å². The van der Waals surface area contributed by atoms with E-state index in [1.165, 1.54) is 11.3 Å². The highest BCUT2D eigenvalue weighted by atomic mass is 32.1. The summed E-state index contributed by atoms with van der Waals surface area (Å²) in [5, 5.41) is 36.5. The van der Waals surface area contributed by atoms with Gasteiger partial charge in [-0.15, -0.1) is 11.3 Å². The maximum atomic E-state index is 13.1. The van der Waals surface area contributed by atoms with Gasteiger partial charge in [-0.1, -0.05) is 12.1 Å². The number of rotatable bonds is 4. The summed E-state index contributed by atoms with van der Waals surface area (Å²) < 4.78 is 6.09. The zero-order valence-corrected chi connectivity index (χ0v) is 17.3. The van der Waals surface area contributed by atoms with E-state index in [-0.39, 0.29) is 24.5 Å². The first kappa shape index (κ1) is 20.5. The van der Waals surface area contributed by atoms with Gasteiger partial charge < -0.3 is 25.4 Å². The molecule has 3 fully saturated rings. The molecule has 31 heavy (non-hydrogen) atoms. The third-order valence-corrected chi connectivity index (χ3v) is 6.93. The highest BCUT2D eigenvalue weighted by Crippen LogP contribution is 2.32. The van der Waals surface area contributed by atoms with Crippen molar-refractivity contribution in [3.8, 4) is 0 Å². The van der Waals surface area contributed by atoms with E-state index in [1.54, 1.807) is 0 Å². The minimum absolute atomic E-state index is 0.0410. The van der Waals surface area contributed by atoms with Crippen LogP contribution in [0.3, 0.4) is 0 Å². The topological polar surface area (TPSA) is 149 Å². The van der Waals surface area contributed by atoms with Gasteiger partial charge in [-0.05, 0) is 18.6 Å². The number of ether oxygens (including phenoxy) is 1. The van der Waals surface area contributed by atoms with Crippen molar-refractivity contribution in [1.82, 2.24) is 15.6 Å². The number of carbonyl (C=O) groups excluding carboxylic acids is 1. The summed E-state index contributed by atoms with van der Waals surface area (Å²) in [6.45, 7) is 0.726. The van der Waals surface area contributed by atoms with Gasteiger partial charge in [0, 0.05) is 12.5 Å². The highest BCUT2D eigenvalue weighted by molar-refractivity contribution is 7.18. The molecule has 164 valence electrons. The molecule has 5 atom stereocenters. The monoisotopic (exact) mass is 445 g/mol. The van der Waals surface area contributed by atoms with Crippen molar-refractivity contribution >= 4 is 39.3 Å². The zero-order chi connectivity index (χ0) is 21.5. The first-order chi connectivity index (χ1) is 15.0. The second kappa shape index (κ2) is 8.24. The first-order valence-electron chi connectivity index (χ1n) is 10.2. The number of aliphatic hydroxyl groups excluding tert-OH is 3. The van der Waals surface area contributed by atoms with Gasteiger partial charge in [0.25, 0.3) is 0 Å². The van der Waals surface area contributed by atoms with Crippen LogP contribution in [0, 0.1) is 5.92 Å². The number of amidine groups is 1. The Morgan fingerprint density at radius 3 is 2.65 bits per heavy atom. The number of aromatic nitrogens is 1. The van der Waals surface area contributed by atoms with Gasteiger partial charge >= 0.3 is 0 Å². The fraction of sp³-hybridized carbons (Fsp3) is 0.500. The minimum atomic E-state index is -1.13. The number of thiazole rings is 1. The quantitative estimate of drug-likeness (QED) is 0.420. The van der Waals surface area contributed by atoms with Crippen LogP contribution in [0.1, 0.15) is 17.3 Å². The molecule has 2 aromatic rings. The van der Waals surface area contributed by atoms with E-state index in [0.717, 1.165) is 10.2 Å². The lowest BCUT2D eigenvalue weighted by Gasteiger charge is -2.29. The van der Waals surface area contributed by atoms with Crippen molar-refractivity contribution in [2.75, 3.05) is 19.8 Å². The van der Waals surface area contributed by atoms with Gasteiger partial charge in [0.1, 0.15) is 28.9 Å². The molecule has 1 unspecified atom stereocenters. The SMILES string of the molecule is O=C1NC(=NC2COC2)NC(=N[C@@H]2C[C@H](CO)[C@@H](O)[C@H]2O)C1c1nc2ccccc2s1. The van der Waals surface area contributed by atoms with Gasteiger partial charge in [-0.3, -0.25) is 15.1 Å². The van der Waals surface area contributed by atoms with Gasteiger partial charge in [-0.25, -0.2) is 9.98 Å². The zero-order valence-electron chi connectivity index (χ0n) is 16.5. The summed E-state index contributed by atoms with van der Waals surface area (Å²) in [6.07, 6.45) is -1.90. The number of nitrogens with one attached hydrogen (secondary N) is 2. The standard InChI is InChI=1S/C20H23N5O5S/c26-6-9-5-12(16(28)15(9)27)22-17-14(19-23-11-3-1-2-4-13(11)31-19)18(29)25-20(24-17)21-10-7-30-8-10/h1-4,9-10,12,14-16,26-28H,5-8H2,(H2,21,22,24,25,29)/t9-,12-,14?,15-,16+/m1/s1. The number of amides is 1. The third-order valence-electron chi connectivity index (χ3n) is 5.82. The van der Waals surface area contributed by atoms with Crippen molar-refractivity contribution in [3.63, 3.8) is 0 Å². The van der Waals surface area contributed by atoms with Crippen LogP contribution >= 0.6 is 11.3 Å². The number of nitrogens with zero attached hydrogens (tertiary/aromatic N) is 3. The third kappa shape index (κ3) is 3.83. The predicted molar refractivity (Wildman–Crippen MR) is 114 cm³/mol. The summed E-state index contributed by atoms with van der Waals surface area (Å²) in [5.41, 5.74) is 0.789. The molecule has 1 saturated carbocycles.